The first kappa shape index (κ1) is 16.0. The highest BCUT2D eigenvalue weighted by atomic mass is 16.5. The van der Waals surface area contributed by atoms with Gasteiger partial charge in [0.05, 0.1) is 6.54 Å². The van der Waals surface area contributed by atoms with Crippen LogP contribution in [-0.4, -0.2) is 18.0 Å². The van der Waals surface area contributed by atoms with E-state index in [1.54, 1.807) is 0 Å². The molecule has 4 heteroatoms. The summed E-state index contributed by atoms with van der Waals surface area (Å²) in [6.07, 6.45) is 0. The molecule has 116 valence electrons. The summed E-state index contributed by atoms with van der Waals surface area (Å²) in [5.74, 6) is 1.46. The second kappa shape index (κ2) is 7.09. The van der Waals surface area contributed by atoms with E-state index in [0.717, 1.165) is 17.2 Å². The molecular weight excluding hydrogens is 276 g/mol. The van der Waals surface area contributed by atoms with Gasteiger partial charge in [0.15, 0.2) is 0 Å². The van der Waals surface area contributed by atoms with Gasteiger partial charge in [-0.15, -0.1) is 0 Å². The van der Waals surface area contributed by atoms with Crippen LogP contribution in [0.25, 0.3) is 0 Å². The lowest BCUT2D eigenvalue weighted by Gasteiger charge is -2.20. The predicted molar refractivity (Wildman–Crippen MR) is 89.3 cm³/mol. The maximum atomic E-state index is 11.8. The van der Waals surface area contributed by atoms with E-state index < -0.39 is 0 Å². The van der Waals surface area contributed by atoms with Gasteiger partial charge in [-0.3, -0.25) is 4.79 Å². The number of para-hydroxylation sites is 1. The van der Waals surface area contributed by atoms with E-state index in [-0.39, 0.29) is 18.0 Å². The van der Waals surface area contributed by atoms with Gasteiger partial charge >= 0.3 is 0 Å². The van der Waals surface area contributed by atoms with Gasteiger partial charge in [-0.05, 0) is 57.2 Å². The summed E-state index contributed by atoms with van der Waals surface area (Å²) in [5, 5.41) is 6.00. The first-order chi connectivity index (χ1) is 10.4. The van der Waals surface area contributed by atoms with E-state index in [1.807, 2.05) is 75.4 Å². The van der Waals surface area contributed by atoms with Gasteiger partial charge in [0.1, 0.15) is 11.5 Å². The Morgan fingerprint density at radius 3 is 2.14 bits per heavy atom. The summed E-state index contributed by atoms with van der Waals surface area (Å²) in [7, 11) is 0. The summed E-state index contributed by atoms with van der Waals surface area (Å²) in [6, 6.07) is 16.9. The molecule has 0 aliphatic heterocycles. The van der Waals surface area contributed by atoms with Gasteiger partial charge < -0.3 is 15.4 Å². The van der Waals surface area contributed by atoms with Crippen LogP contribution >= 0.6 is 0 Å². The van der Waals surface area contributed by atoms with Crippen LogP contribution in [0.5, 0.6) is 11.5 Å². The number of rotatable bonds is 5. The van der Waals surface area contributed by atoms with E-state index >= 15 is 0 Å². The third-order valence-corrected chi connectivity index (χ3v) is 2.90. The molecule has 0 heterocycles. The number of amides is 1. The average molecular weight is 298 g/mol. The number of ether oxygens (including phenoxy) is 1. The number of hydrogen-bond donors (Lipinski definition) is 2. The minimum absolute atomic E-state index is 0.0633. The van der Waals surface area contributed by atoms with Crippen molar-refractivity contribution in [1.29, 1.82) is 0 Å². The number of nitrogens with one attached hydrogen (secondary N) is 2. The van der Waals surface area contributed by atoms with E-state index in [4.69, 9.17) is 4.74 Å². The van der Waals surface area contributed by atoms with Crippen LogP contribution in [0.3, 0.4) is 0 Å². The van der Waals surface area contributed by atoms with Crippen molar-refractivity contribution >= 4 is 11.6 Å². The molecule has 0 spiro atoms. The van der Waals surface area contributed by atoms with Crippen LogP contribution in [0.1, 0.15) is 20.8 Å². The van der Waals surface area contributed by atoms with Crippen LogP contribution < -0.4 is 15.4 Å². The van der Waals surface area contributed by atoms with Crippen molar-refractivity contribution in [1.82, 2.24) is 5.32 Å². The van der Waals surface area contributed by atoms with Crippen LogP contribution in [0.4, 0.5) is 5.69 Å². The van der Waals surface area contributed by atoms with Gasteiger partial charge in [0, 0.05) is 11.2 Å². The Morgan fingerprint density at radius 1 is 0.955 bits per heavy atom. The molecule has 1 amide bonds. The number of benzene rings is 2. The normalized spacial score (nSPS) is 11.0. The van der Waals surface area contributed by atoms with Crippen LogP contribution in [-0.2, 0) is 4.79 Å². The largest absolute Gasteiger partial charge is 0.457 e. The molecule has 2 aromatic rings. The fourth-order valence-electron chi connectivity index (χ4n) is 1.78. The van der Waals surface area contributed by atoms with Gasteiger partial charge in [0.2, 0.25) is 5.91 Å². The monoisotopic (exact) mass is 298 g/mol. The highest BCUT2D eigenvalue weighted by Crippen LogP contribution is 2.22. The predicted octanol–water partition coefficient (Wildman–Crippen LogP) is 3.81. The second-order valence-electron chi connectivity index (χ2n) is 6.09. The Bertz CT molecular complexity index is 601. The third-order valence-electron chi connectivity index (χ3n) is 2.90. The Balaban J connectivity index is 1.88. The molecule has 2 N–H and O–H groups in total. The van der Waals surface area contributed by atoms with Crippen molar-refractivity contribution in [2.45, 2.75) is 26.3 Å². The smallest absolute Gasteiger partial charge is 0.238 e. The molecule has 0 aliphatic rings. The Morgan fingerprint density at radius 2 is 1.55 bits per heavy atom. The Kier molecular flexibility index (Phi) is 5.17. The number of hydrogen-bond acceptors (Lipinski definition) is 3. The highest BCUT2D eigenvalue weighted by Gasteiger charge is 2.11. The van der Waals surface area contributed by atoms with Crippen LogP contribution in [0.15, 0.2) is 54.6 Å². The lowest BCUT2D eigenvalue weighted by atomic mass is 10.1. The minimum atomic E-state index is -0.0786. The van der Waals surface area contributed by atoms with Crippen LogP contribution in [0, 0.1) is 0 Å². The van der Waals surface area contributed by atoms with E-state index in [1.165, 1.54) is 0 Å². The molecule has 0 saturated heterocycles. The minimum Gasteiger partial charge on any atom is -0.457 e. The number of carbonyl (C=O) groups is 1. The quantitative estimate of drug-likeness (QED) is 0.882. The Hall–Kier alpha value is -2.33. The molecule has 0 unspecified atom stereocenters. The van der Waals surface area contributed by atoms with Crippen molar-refractivity contribution in [2.75, 3.05) is 11.9 Å². The van der Waals surface area contributed by atoms with Crippen molar-refractivity contribution in [2.24, 2.45) is 0 Å². The second-order valence-corrected chi connectivity index (χ2v) is 6.09. The average Bonchev–Trinajstić information content (AvgIpc) is 2.48. The molecule has 0 aromatic heterocycles. The van der Waals surface area contributed by atoms with Gasteiger partial charge in [-0.2, -0.15) is 0 Å². The molecule has 0 saturated carbocycles. The maximum absolute atomic E-state index is 11.8. The zero-order chi connectivity index (χ0) is 16.0. The highest BCUT2D eigenvalue weighted by molar-refractivity contribution is 5.92. The third kappa shape index (κ3) is 5.58. The molecule has 2 aromatic carbocycles. The number of anilines is 1. The SMILES string of the molecule is CC(C)(C)NCC(=O)Nc1ccc(Oc2ccccc2)cc1. The van der Waals surface area contributed by atoms with Crippen LogP contribution in [0.2, 0.25) is 0 Å². The standard InChI is InChI=1S/C18H22N2O2/c1-18(2,3)19-13-17(21)20-14-9-11-16(12-10-14)22-15-7-5-4-6-8-15/h4-12,19H,13H2,1-3H3,(H,20,21). The molecule has 0 fully saturated rings. The summed E-state index contributed by atoms with van der Waals surface area (Å²) < 4.78 is 5.71. The van der Waals surface area contributed by atoms with Crippen molar-refractivity contribution < 1.29 is 9.53 Å². The lowest BCUT2D eigenvalue weighted by Crippen LogP contribution is -2.41. The molecular formula is C18H22N2O2. The molecule has 0 aliphatic carbocycles. The van der Waals surface area contributed by atoms with Crippen molar-refractivity contribution in [3.8, 4) is 11.5 Å². The molecule has 4 nitrogen and oxygen atoms in total. The zero-order valence-corrected chi connectivity index (χ0v) is 13.2. The van der Waals surface area contributed by atoms with Gasteiger partial charge in [-0.25, -0.2) is 0 Å². The summed E-state index contributed by atoms with van der Waals surface area (Å²) in [4.78, 5) is 11.8. The van der Waals surface area contributed by atoms with E-state index in [0.29, 0.717) is 0 Å². The van der Waals surface area contributed by atoms with E-state index in [9.17, 15) is 4.79 Å². The van der Waals surface area contributed by atoms with E-state index in [2.05, 4.69) is 10.6 Å². The zero-order valence-electron chi connectivity index (χ0n) is 13.2. The van der Waals surface area contributed by atoms with Gasteiger partial charge in [0.25, 0.3) is 0 Å². The first-order valence-corrected chi connectivity index (χ1v) is 7.30. The maximum Gasteiger partial charge on any atom is 0.238 e. The topological polar surface area (TPSA) is 50.4 Å². The molecule has 22 heavy (non-hydrogen) atoms. The fraction of sp³-hybridized carbons (Fsp3) is 0.278. The molecule has 2 rings (SSSR count). The Labute approximate surface area is 131 Å². The summed E-state index contributed by atoms with van der Waals surface area (Å²) in [5.41, 5.74) is 0.672. The summed E-state index contributed by atoms with van der Waals surface area (Å²) >= 11 is 0. The molecule has 0 atom stereocenters. The molecule has 0 radical (unpaired) electrons. The molecule has 0 bridgehead atoms. The summed E-state index contributed by atoms with van der Waals surface area (Å²) in [6.45, 7) is 6.35. The van der Waals surface area contributed by atoms with Gasteiger partial charge in [-0.1, -0.05) is 18.2 Å². The fourth-order valence-corrected chi connectivity index (χ4v) is 1.78. The first-order valence-electron chi connectivity index (χ1n) is 7.30. The lowest BCUT2D eigenvalue weighted by molar-refractivity contribution is -0.115. The van der Waals surface area contributed by atoms with Crippen molar-refractivity contribution in [3.05, 3.63) is 54.6 Å². The van der Waals surface area contributed by atoms with Crippen molar-refractivity contribution in [3.63, 3.8) is 0 Å². The number of carbonyl (C=O) groups excluding carboxylic acids is 1.